The highest BCUT2D eigenvalue weighted by Gasteiger charge is 2.10. The van der Waals surface area contributed by atoms with E-state index in [-0.39, 0.29) is 5.78 Å². The summed E-state index contributed by atoms with van der Waals surface area (Å²) in [7, 11) is 0. The first-order valence-electron chi connectivity index (χ1n) is 4.20. The third-order valence-electron chi connectivity index (χ3n) is 1.96. The number of halogens is 1. The van der Waals surface area contributed by atoms with Crippen molar-refractivity contribution in [2.45, 2.75) is 6.42 Å². The predicted octanol–water partition coefficient (Wildman–Crippen LogP) is 0.673. The van der Waals surface area contributed by atoms with Crippen molar-refractivity contribution in [2.24, 2.45) is 0 Å². The largest absolute Gasteiger partial charge is 0.379 e. The molecule has 0 unspecified atom stereocenters. The molecule has 0 spiro atoms. The lowest BCUT2D eigenvalue weighted by atomic mass is 10.3. The Bertz CT molecular complexity index is 146. The van der Waals surface area contributed by atoms with Gasteiger partial charge in [-0.05, 0) is 0 Å². The van der Waals surface area contributed by atoms with Gasteiger partial charge in [-0.2, -0.15) is 0 Å². The van der Waals surface area contributed by atoms with Crippen molar-refractivity contribution in [3.8, 4) is 0 Å². The molecule has 0 radical (unpaired) electrons. The van der Waals surface area contributed by atoms with Crippen molar-refractivity contribution < 1.29 is 9.53 Å². The molecular formula is C8H14BrNO2. The Labute approximate surface area is 81.2 Å². The van der Waals surface area contributed by atoms with Crippen LogP contribution in [0.1, 0.15) is 6.42 Å². The third kappa shape index (κ3) is 3.65. The second kappa shape index (κ2) is 5.67. The van der Waals surface area contributed by atoms with Crippen molar-refractivity contribution in [1.82, 2.24) is 4.90 Å². The first kappa shape index (κ1) is 10.2. The number of ether oxygens (including phenoxy) is 1. The standard InChI is InChI=1S/C8H14BrNO2/c9-7-8(11)1-2-10-3-5-12-6-4-10/h1-7H2. The van der Waals surface area contributed by atoms with E-state index < -0.39 is 0 Å². The highest BCUT2D eigenvalue weighted by atomic mass is 79.9. The summed E-state index contributed by atoms with van der Waals surface area (Å²) in [6.45, 7) is 4.43. The molecular weight excluding hydrogens is 222 g/mol. The monoisotopic (exact) mass is 235 g/mol. The molecule has 0 saturated carbocycles. The summed E-state index contributed by atoms with van der Waals surface area (Å²) >= 11 is 3.15. The maximum absolute atomic E-state index is 10.9. The SMILES string of the molecule is O=C(CBr)CCN1CCOCC1. The first-order valence-corrected chi connectivity index (χ1v) is 5.33. The summed E-state index contributed by atoms with van der Waals surface area (Å²) in [5.41, 5.74) is 0. The Morgan fingerprint density at radius 2 is 2.08 bits per heavy atom. The van der Waals surface area contributed by atoms with Gasteiger partial charge in [0, 0.05) is 26.1 Å². The lowest BCUT2D eigenvalue weighted by Gasteiger charge is -2.25. The molecule has 1 heterocycles. The molecule has 0 bridgehead atoms. The van der Waals surface area contributed by atoms with Crippen LogP contribution in [0.5, 0.6) is 0 Å². The molecule has 4 heteroatoms. The van der Waals surface area contributed by atoms with E-state index in [9.17, 15) is 4.79 Å². The predicted molar refractivity (Wildman–Crippen MR) is 50.7 cm³/mol. The van der Waals surface area contributed by atoms with Crippen LogP contribution in [-0.2, 0) is 9.53 Å². The average molecular weight is 236 g/mol. The summed E-state index contributed by atoms with van der Waals surface area (Å²) in [4.78, 5) is 13.2. The molecule has 0 amide bonds. The van der Waals surface area contributed by atoms with Gasteiger partial charge in [0.15, 0.2) is 0 Å². The topological polar surface area (TPSA) is 29.5 Å². The zero-order valence-corrected chi connectivity index (χ0v) is 8.68. The number of rotatable bonds is 4. The van der Waals surface area contributed by atoms with E-state index in [0.29, 0.717) is 11.8 Å². The van der Waals surface area contributed by atoms with Crippen molar-refractivity contribution in [3.05, 3.63) is 0 Å². The van der Waals surface area contributed by atoms with Crippen LogP contribution in [0.25, 0.3) is 0 Å². The van der Waals surface area contributed by atoms with Crippen LogP contribution >= 0.6 is 15.9 Å². The average Bonchev–Trinajstić information content (AvgIpc) is 2.16. The van der Waals surface area contributed by atoms with E-state index >= 15 is 0 Å². The molecule has 0 atom stereocenters. The van der Waals surface area contributed by atoms with E-state index in [1.165, 1.54) is 0 Å². The highest BCUT2D eigenvalue weighted by molar-refractivity contribution is 9.09. The van der Waals surface area contributed by atoms with Gasteiger partial charge in [-0.15, -0.1) is 0 Å². The Morgan fingerprint density at radius 3 is 2.67 bits per heavy atom. The lowest BCUT2D eigenvalue weighted by molar-refractivity contribution is -0.117. The number of hydrogen-bond donors (Lipinski definition) is 0. The fourth-order valence-electron chi connectivity index (χ4n) is 1.17. The van der Waals surface area contributed by atoms with Crippen molar-refractivity contribution in [3.63, 3.8) is 0 Å². The Hall–Kier alpha value is 0.0700. The summed E-state index contributed by atoms with van der Waals surface area (Å²) in [6, 6.07) is 0. The minimum Gasteiger partial charge on any atom is -0.379 e. The Balaban J connectivity index is 2.09. The van der Waals surface area contributed by atoms with Crippen LogP contribution in [0.15, 0.2) is 0 Å². The second-order valence-corrected chi connectivity index (χ2v) is 3.44. The maximum atomic E-state index is 10.9. The van der Waals surface area contributed by atoms with Crippen molar-refractivity contribution in [2.75, 3.05) is 38.2 Å². The zero-order valence-electron chi connectivity index (χ0n) is 7.09. The fraction of sp³-hybridized carbons (Fsp3) is 0.875. The number of nitrogens with zero attached hydrogens (tertiary/aromatic N) is 1. The summed E-state index contributed by atoms with van der Waals surface area (Å²) in [5.74, 6) is 0.279. The number of ketones is 1. The molecule has 0 aromatic heterocycles. The van der Waals surface area contributed by atoms with Crippen molar-refractivity contribution >= 4 is 21.7 Å². The number of carbonyl (C=O) groups is 1. The Morgan fingerprint density at radius 1 is 1.42 bits per heavy atom. The molecule has 1 fully saturated rings. The molecule has 1 aliphatic heterocycles. The van der Waals surface area contributed by atoms with Gasteiger partial charge in [0.05, 0.1) is 18.5 Å². The molecule has 0 aliphatic carbocycles. The van der Waals surface area contributed by atoms with Gasteiger partial charge in [-0.3, -0.25) is 9.69 Å². The van der Waals surface area contributed by atoms with E-state index in [2.05, 4.69) is 20.8 Å². The van der Waals surface area contributed by atoms with Gasteiger partial charge in [0.25, 0.3) is 0 Å². The van der Waals surface area contributed by atoms with Crippen LogP contribution in [0.4, 0.5) is 0 Å². The fourth-order valence-corrected chi connectivity index (χ4v) is 1.45. The zero-order chi connectivity index (χ0) is 8.81. The third-order valence-corrected chi connectivity index (χ3v) is 2.59. The van der Waals surface area contributed by atoms with Gasteiger partial charge < -0.3 is 4.74 Å². The summed E-state index contributed by atoms with van der Waals surface area (Å²) < 4.78 is 5.20. The van der Waals surface area contributed by atoms with E-state index in [0.717, 1.165) is 32.8 Å². The molecule has 1 aliphatic rings. The van der Waals surface area contributed by atoms with Gasteiger partial charge in [0.1, 0.15) is 5.78 Å². The Kier molecular flexibility index (Phi) is 4.80. The minimum absolute atomic E-state index is 0.279. The van der Waals surface area contributed by atoms with Gasteiger partial charge in [-0.25, -0.2) is 0 Å². The summed E-state index contributed by atoms with van der Waals surface area (Å²) in [6.07, 6.45) is 0.658. The number of Topliss-reactive ketones (excluding diaryl/α,β-unsaturated/α-hetero) is 1. The normalized spacial score (nSPS) is 19.4. The molecule has 12 heavy (non-hydrogen) atoms. The first-order chi connectivity index (χ1) is 5.83. The molecule has 0 N–H and O–H groups in total. The van der Waals surface area contributed by atoms with Crippen LogP contribution in [0.2, 0.25) is 0 Å². The van der Waals surface area contributed by atoms with E-state index in [1.807, 2.05) is 0 Å². The van der Waals surface area contributed by atoms with Crippen molar-refractivity contribution in [1.29, 1.82) is 0 Å². The van der Waals surface area contributed by atoms with E-state index in [1.54, 1.807) is 0 Å². The van der Waals surface area contributed by atoms with Crippen LogP contribution in [0.3, 0.4) is 0 Å². The van der Waals surface area contributed by atoms with Gasteiger partial charge >= 0.3 is 0 Å². The van der Waals surface area contributed by atoms with E-state index in [4.69, 9.17) is 4.74 Å². The number of carbonyl (C=O) groups excluding carboxylic acids is 1. The molecule has 0 aromatic carbocycles. The molecule has 1 rings (SSSR count). The lowest BCUT2D eigenvalue weighted by Crippen LogP contribution is -2.37. The number of hydrogen-bond acceptors (Lipinski definition) is 3. The summed E-state index contributed by atoms with van der Waals surface area (Å²) in [5, 5.41) is 0.483. The molecule has 3 nitrogen and oxygen atoms in total. The quantitative estimate of drug-likeness (QED) is 0.672. The van der Waals surface area contributed by atoms with Crippen LogP contribution < -0.4 is 0 Å². The van der Waals surface area contributed by atoms with Crippen LogP contribution in [0, 0.1) is 0 Å². The molecule has 70 valence electrons. The minimum atomic E-state index is 0.279. The highest BCUT2D eigenvalue weighted by Crippen LogP contribution is 1.99. The molecule has 0 aromatic rings. The van der Waals surface area contributed by atoms with Gasteiger partial charge in [0.2, 0.25) is 0 Å². The van der Waals surface area contributed by atoms with Gasteiger partial charge in [-0.1, -0.05) is 15.9 Å². The maximum Gasteiger partial charge on any atom is 0.144 e. The smallest absolute Gasteiger partial charge is 0.144 e. The van der Waals surface area contributed by atoms with Crippen LogP contribution in [-0.4, -0.2) is 48.9 Å². The number of alkyl halides is 1. The number of morpholine rings is 1. The second-order valence-electron chi connectivity index (χ2n) is 2.88. The molecule has 1 saturated heterocycles.